The summed E-state index contributed by atoms with van der Waals surface area (Å²) in [7, 11) is 1.67. The first-order valence-electron chi connectivity index (χ1n) is 6.61. The van der Waals surface area contributed by atoms with Gasteiger partial charge in [0, 0.05) is 29.8 Å². The van der Waals surface area contributed by atoms with E-state index in [4.69, 9.17) is 9.15 Å². The molecule has 0 saturated carbocycles. The third-order valence-corrected chi connectivity index (χ3v) is 3.19. The van der Waals surface area contributed by atoms with Gasteiger partial charge in [-0.3, -0.25) is 5.10 Å². The molecule has 0 saturated heterocycles. The van der Waals surface area contributed by atoms with Crippen LogP contribution in [0.25, 0.3) is 11.4 Å². The fraction of sp³-hybridized carbons (Fsp3) is 0.200. The van der Waals surface area contributed by atoms with Crippen LogP contribution in [0.4, 0.5) is 0 Å². The highest BCUT2D eigenvalue weighted by Gasteiger charge is 2.07. The fourth-order valence-corrected chi connectivity index (χ4v) is 2.14. The Morgan fingerprint density at radius 2 is 2.24 bits per heavy atom. The van der Waals surface area contributed by atoms with Crippen molar-refractivity contribution in [1.29, 1.82) is 0 Å². The Kier molecular flexibility index (Phi) is 3.97. The van der Waals surface area contributed by atoms with Gasteiger partial charge in [-0.2, -0.15) is 5.10 Å². The molecule has 2 heterocycles. The largest absolute Gasteiger partial charge is 0.496 e. The second-order valence-electron chi connectivity index (χ2n) is 4.60. The van der Waals surface area contributed by atoms with Crippen molar-refractivity contribution >= 4 is 0 Å². The van der Waals surface area contributed by atoms with E-state index in [0.29, 0.717) is 6.54 Å². The summed E-state index contributed by atoms with van der Waals surface area (Å²) in [6.07, 6.45) is 4.90. The van der Waals surface area contributed by atoms with Gasteiger partial charge in [0.25, 0.3) is 0 Å². The number of ether oxygens (including phenoxy) is 1. The Morgan fingerprint density at radius 1 is 1.29 bits per heavy atom. The standard InChI is InChI=1S/C15H16N4O2/c1-20-14-3-2-12(15-17-10-18-19-15)6-13(14)8-16-7-11-4-5-21-9-11/h2-6,9-10,16H,7-8H2,1H3,(H,17,18,19). The normalized spacial score (nSPS) is 10.7. The van der Waals surface area contributed by atoms with Crippen LogP contribution in [-0.4, -0.2) is 22.3 Å². The van der Waals surface area contributed by atoms with Crippen LogP contribution in [0.5, 0.6) is 5.75 Å². The van der Waals surface area contributed by atoms with Crippen molar-refractivity contribution in [3.05, 3.63) is 54.2 Å². The molecule has 0 aliphatic heterocycles. The zero-order chi connectivity index (χ0) is 14.5. The third-order valence-electron chi connectivity index (χ3n) is 3.19. The van der Waals surface area contributed by atoms with Crippen molar-refractivity contribution in [3.63, 3.8) is 0 Å². The quantitative estimate of drug-likeness (QED) is 0.726. The van der Waals surface area contributed by atoms with Gasteiger partial charge in [0.1, 0.15) is 12.1 Å². The van der Waals surface area contributed by atoms with Crippen LogP contribution in [0.1, 0.15) is 11.1 Å². The molecule has 0 aliphatic carbocycles. The van der Waals surface area contributed by atoms with Crippen LogP contribution in [0.3, 0.4) is 0 Å². The van der Waals surface area contributed by atoms with Gasteiger partial charge < -0.3 is 14.5 Å². The molecule has 0 unspecified atom stereocenters. The van der Waals surface area contributed by atoms with E-state index >= 15 is 0 Å². The van der Waals surface area contributed by atoms with Gasteiger partial charge in [-0.05, 0) is 24.3 Å². The Morgan fingerprint density at radius 3 is 2.95 bits per heavy atom. The Labute approximate surface area is 122 Å². The molecule has 2 aromatic heterocycles. The second-order valence-corrected chi connectivity index (χ2v) is 4.60. The van der Waals surface area contributed by atoms with Crippen LogP contribution in [-0.2, 0) is 13.1 Å². The highest BCUT2D eigenvalue weighted by molar-refractivity contribution is 5.58. The van der Waals surface area contributed by atoms with Gasteiger partial charge in [0.2, 0.25) is 0 Å². The molecule has 3 aromatic rings. The van der Waals surface area contributed by atoms with Crippen molar-refractivity contribution in [2.24, 2.45) is 0 Å². The molecule has 3 rings (SSSR count). The number of furan rings is 1. The molecule has 0 spiro atoms. The second kappa shape index (κ2) is 6.23. The van der Waals surface area contributed by atoms with Crippen LogP contribution < -0.4 is 10.1 Å². The summed E-state index contributed by atoms with van der Waals surface area (Å²) >= 11 is 0. The summed E-state index contributed by atoms with van der Waals surface area (Å²) in [5, 5.41) is 10.1. The molecule has 0 aliphatic rings. The molecule has 0 radical (unpaired) electrons. The Balaban J connectivity index is 1.74. The average Bonchev–Trinajstić information content (AvgIpc) is 3.20. The van der Waals surface area contributed by atoms with E-state index in [-0.39, 0.29) is 0 Å². The number of hydrogen-bond donors (Lipinski definition) is 2. The maximum atomic E-state index is 5.40. The Hall–Kier alpha value is -2.60. The Bertz CT molecular complexity index is 678. The van der Waals surface area contributed by atoms with Gasteiger partial charge in [0.15, 0.2) is 5.82 Å². The monoisotopic (exact) mass is 284 g/mol. The average molecular weight is 284 g/mol. The maximum Gasteiger partial charge on any atom is 0.155 e. The number of methoxy groups -OCH3 is 1. The first kappa shape index (κ1) is 13.4. The number of aromatic amines is 1. The van der Waals surface area contributed by atoms with Gasteiger partial charge in [-0.15, -0.1) is 0 Å². The lowest BCUT2D eigenvalue weighted by Gasteiger charge is -2.10. The first-order chi connectivity index (χ1) is 10.4. The van der Waals surface area contributed by atoms with Crippen LogP contribution >= 0.6 is 0 Å². The number of nitrogens with zero attached hydrogens (tertiary/aromatic N) is 2. The molecule has 21 heavy (non-hydrogen) atoms. The summed E-state index contributed by atoms with van der Waals surface area (Å²) in [5.41, 5.74) is 3.16. The molecular formula is C15H16N4O2. The third kappa shape index (κ3) is 3.11. The van der Waals surface area contributed by atoms with Gasteiger partial charge in [-0.25, -0.2) is 4.98 Å². The van der Waals surface area contributed by atoms with Crippen molar-refractivity contribution in [3.8, 4) is 17.1 Å². The number of H-pyrrole nitrogens is 1. The molecule has 6 heteroatoms. The van der Waals surface area contributed by atoms with Crippen LogP contribution in [0.2, 0.25) is 0 Å². The van der Waals surface area contributed by atoms with Crippen molar-refractivity contribution in [2.75, 3.05) is 7.11 Å². The summed E-state index contributed by atoms with van der Waals surface area (Å²) in [5.74, 6) is 1.59. The lowest BCUT2D eigenvalue weighted by molar-refractivity contribution is 0.407. The van der Waals surface area contributed by atoms with Crippen LogP contribution in [0.15, 0.2) is 47.5 Å². The fourth-order valence-electron chi connectivity index (χ4n) is 2.14. The predicted molar refractivity (Wildman–Crippen MR) is 77.6 cm³/mol. The molecule has 108 valence electrons. The minimum atomic E-state index is 0.691. The number of rotatable bonds is 6. The summed E-state index contributed by atoms with van der Waals surface area (Å²) < 4.78 is 10.4. The summed E-state index contributed by atoms with van der Waals surface area (Å²) in [6.45, 7) is 1.43. The zero-order valence-corrected chi connectivity index (χ0v) is 11.7. The topological polar surface area (TPSA) is 76.0 Å². The van der Waals surface area contributed by atoms with E-state index < -0.39 is 0 Å². The molecule has 0 atom stereocenters. The SMILES string of the molecule is COc1ccc(-c2ncn[nH]2)cc1CNCc1ccoc1. The molecular weight excluding hydrogens is 268 g/mol. The maximum absolute atomic E-state index is 5.40. The smallest absolute Gasteiger partial charge is 0.155 e. The predicted octanol–water partition coefficient (Wildman–Crippen LogP) is 2.36. The van der Waals surface area contributed by atoms with E-state index in [2.05, 4.69) is 20.5 Å². The minimum Gasteiger partial charge on any atom is -0.496 e. The van der Waals surface area contributed by atoms with E-state index in [1.807, 2.05) is 24.3 Å². The van der Waals surface area contributed by atoms with Crippen molar-refractivity contribution < 1.29 is 9.15 Å². The van der Waals surface area contributed by atoms with Crippen LogP contribution in [0, 0.1) is 0 Å². The highest BCUT2D eigenvalue weighted by Crippen LogP contribution is 2.24. The summed E-state index contributed by atoms with van der Waals surface area (Å²) in [6, 6.07) is 7.88. The molecule has 2 N–H and O–H groups in total. The highest BCUT2D eigenvalue weighted by atomic mass is 16.5. The molecule has 0 fully saturated rings. The number of nitrogens with one attached hydrogen (secondary N) is 2. The van der Waals surface area contributed by atoms with Gasteiger partial charge >= 0.3 is 0 Å². The van der Waals surface area contributed by atoms with Crippen molar-refractivity contribution in [2.45, 2.75) is 13.1 Å². The minimum absolute atomic E-state index is 0.691. The molecule has 0 amide bonds. The number of aromatic nitrogens is 3. The van der Waals surface area contributed by atoms with Crippen molar-refractivity contribution in [1.82, 2.24) is 20.5 Å². The molecule has 1 aromatic carbocycles. The van der Waals surface area contributed by atoms with Gasteiger partial charge in [0.05, 0.1) is 19.6 Å². The van der Waals surface area contributed by atoms with Gasteiger partial charge in [-0.1, -0.05) is 0 Å². The van der Waals surface area contributed by atoms with E-state index in [0.717, 1.165) is 34.8 Å². The van der Waals surface area contributed by atoms with E-state index in [1.165, 1.54) is 6.33 Å². The number of hydrogen-bond acceptors (Lipinski definition) is 5. The van der Waals surface area contributed by atoms with E-state index in [9.17, 15) is 0 Å². The first-order valence-corrected chi connectivity index (χ1v) is 6.61. The van der Waals surface area contributed by atoms with E-state index in [1.54, 1.807) is 19.6 Å². The zero-order valence-electron chi connectivity index (χ0n) is 11.7. The number of benzene rings is 1. The summed E-state index contributed by atoms with van der Waals surface area (Å²) in [4.78, 5) is 4.16. The molecule has 0 bridgehead atoms. The lowest BCUT2D eigenvalue weighted by atomic mass is 10.1. The lowest BCUT2D eigenvalue weighted by Crippen LogP contribution is -2.13. The molecule has 6 nitrogen and oxygen atoms in total.